The van der Waals surface area contributed by atoms with Crippen molar-refractivity contribution in [1.29, 1.82) is 0 Å². The van der Waals surface area contributed by atoms with Crippen LogP contribution in [0.3, 0.4) is 0 Å². The maximum atomic E-state index is 4.81. The average molecular weight is 400 g/mol. The van der Waals surface area contributed by atoms with Gasteiger partial charge in [-0.2, -0.15) is 0 Å². The van der Waals surface area contributed by atoms with Gasteiger partial charge in [0.2, 0.25) is 0 Å². The SMILES string of the molecule is Cc1c(Nc2csc3cc(CN4CCCC4)cnc23)cccc1-c1ccccc1. The minimum Gasteiger partial charge on any atom is -0.353 e. The minimum atomic E-state index is 1.02. The summed E-state index contributed by atoms with van der Waals surface area (Å²) in [5.41, 5.74) is 8.35. The summed E-state index contributed by atoms with van der Waals surface area (Å²) in [6.07, 6.45) is 4.69. The van der Waals surface area contributed by atoms with Crippen LogP contribution in [0, 0.1) is 6.92 Å². The third-order valence-electron chi connectivity index (χ3n) is 5.76. The zero-order chi connectivity index (χ0) is 19.6. The Hall–Kier alpha value is -2.69. The summed E-state index contributed by atoms with van der Waals surface area (Å²) in [5.74, 6) is 0. The smallest absolute Gasteiger partial charge is 0.104 e. The highest BCUT2D eigenvalue weighted by Crippen LogP contribution is 2.35. The number of fused-ring (bicyclic) bond motifs is 1. The number of nitrogens with one attached hydrogen (secondary N) is 1. The zero-order valence-electron chi connectivity index (χ0n) is 16.7. The predicted molar refractivity (Wildman–Crippen MR) is 124 cm³/mol. The van der Waals surface area contributed by atoms with Crippen molar-refractivity contribution in [1.82, 2.24) is 9.88 Å². The van der Waals surface area contributed by atoms with Gasteiger partial charge in [-0.15, -0.1) is 11.3 Å². The van der Waals surface area contributed by atoms with Crippen LogP contribution in [0.25, 0.3) is 21.3 Å². The summed E-state index contributed by atoms with van der Waals surface area (Å²) in [6.45, 7) is 5.63. The lowest BCUT2D eigenvalue weighted by atomic mass is 9.99. The van der Waals surface area contributed by atoms with Crippen molar-refractivity contribution in [2.75, 3.05) is 18.4 Å². The van der Waals surface area contributed by atoms with Crippen molar-refractivity contribution < 1.29 is 0 Å². The molecule has 0 unspecified atom stereocenters. The molecule has 1 N–H and O–H groups in total. The van der Waals surface area contributed by atoms with Crippen LogP contribution < -0.4 is 5.32 Å². The summed E-state index contributed by atoms with van der Waals surface area (Å²) in [5, 5.41) is 5.82. The third-order valence-corrected chi connectivity index (χ3v) is 6.68. The van der Waals surface area contributed by atoms with E-state index in [0.717, 1.165) is 23.4 Å². The Morgan fingerprint density at radius 3 is 2.66 bits per heavy atom. The Morgan fingerprint density at radius 1 is 1.00 bits per heavy atom. The molecule has 0 radical (unpaired) electrons. The second kappa shape index (κ2) is 7.97. The van der Waals surface area contributed by atoms with Gasteiger partial charge in [-0.3, -0.25) is 9.88 Å². The molecule has 0 bridgehead atoms. The fourth-order valence-corrected chi connectivity index (χ4v) is 5.09. The molecule has 0 amide bonds. The van der Waals surface area contributed by atoms with E-state index in [-0.39, 0.29) is 0 Å². The van der Waals surface area contributed by atoms with E-state index in [1.807, 2.05) is 6.20 Å². The average Bonchev–Trinajstić information content (AvgIpc) is 3.40. The van der Waals surface area contributed by atoms with Gasteiger partial charge in [0.1, 0.15) is 5.52 Å². The lowest BCUT2D eigenvalue weighted by Gasteiger charge is -2.14. The number of rotatable bonds is 5. The fourth-order valence-electron chi connectivity index (χ4n) is 4.18. The van der Waals surface area contributed by atoms with Gasteiger partial charge in [-0.1, -0.05) is 42.5 Å². The molecule has 1 fully saturated rings. The van der Waals surface area contributed by atoms with Crippen LogP contribution >= 0.6 is 11.3 Å². The fraction of sp³-hybridized carbons (Fsp3) is 0.240. The standard InChI is InChI=1S/C25H25N3S/c1-18-21(20-8-3-2-4-9-20)10-7-11-22(18)27-23-17-29-24-14-19(15-26-25(23)24)16-28-12-5-6-13-28/h2-4,7-11,14-15,17,27H,5-6,12-13,16H2,1H3. The first kappa shape index (κ1) is 18.3. The van der Waals surface area contributed by atoms with Crippen LogP contribution in [-0.2, 0) is 6.54 Å². The Morgan fingerprint density at radius 2 is 1.83 bits per heavy atom. The van der Waals surface area contributed by atoms with Crippen LogP contribution in [0.5, 0.6) is 0 Å². The van der Waals surface area contributed by atoms with Crippen LogP contribution in [0.15, 0.2) is 66.2 Å². The first-order valence-electron chi connectivity index (χ1n) is 10.3. The molecule has 0 spiro atoms. The molecule has 4 aromatic rings. The molecular weight excluding hydrogens is 374 g/mol. The maximum absolute atomic E-state index is 4.81. The molecule has 3 heterocycles. The number of hydrogen-bond acceptors (Lipinski definition) is 4. The van der Waals surface area contributed by atoms with E-state index >= 15 is 0 Å². The highest BCUT2D eigenvalue weighted by molar-refractivity contribution is 7.17. The number of likely N-dealkylation sites (tertiary alicyclic amines) is 1. The molecule has 29 heavy (non-hydrogen) atoms. The minimum absolute atomic E-state index is 1.02. The van der Waals surface area contributed by atoms with Gasteiger partial charge in [0.25, 0.3) is 0 Å². The van der Waals surface area contributed by atoms with Crippen LogP contribution in [-0.4, -0.2) is 23.0 Å². The molecule has 1 aliphatic rings. The van der Waals surface area contributed by atoms with Crippen molar-refractivity contribution in [3.63, 3.8) is 0 Å². The van der Waals surface area contributed by atoms with E-state index in [1.54, 1.807) is 11.3 Å². The summed E-state index contributed by atoms with van der Waals surface area (Å²) >= 11 is 1.77. The molecule has 0 atom stereocenters. The van der Waals surface area contributed by atoms with Gasteiger partial charge < -0.3 is 5.32 Å². The summed E-state index contributed by atoms with van der Waals surface area (Å²) in [4.78, 5) is 7.33. The topological polar surface area (TPSA) is 28.2 Å². The summed E-state index contributed by atoms with van der Waals surface area (Å²) < 4.78 is 1.25. The Balaban J connectivity index is 1.42. The molecule has 5 rings (SSSR count). The quantitative estimate of drug-likeness (QED) is 0.409. The molecular formula is C25H25N3S. The van der Waals surface area contributed by atoms with E-state index in [2.05, 4.69) is 77.1 Å². The number of pyridine rings is 1. The molecule has 146 valence electrons. The molecule has 1 saturated heterocycles. The van der Waals surface area contributed by atoms with E-state index in [4.69, 9.17) is 4.98 Å². The van der Waals surface area contributed by atoms with Crippen molar-refractivity contribution in [3.05, 3.63) is 77.3 Å². The predicted octanol–water partition coefficient (Wildman–Crippen LogP) is 6.61. The van der Waals surface area contributed by atoms with Gasteiger partial charge in [0.05, 0.1) is 10.4 Å². The summed E-state index contributed by atoms with van der Waals surface area (Å²) in [7, 11) is 0. The lowest BCUT2D eigenvalue weighted by Crippen LogP contribution is -2.18. The van der Waals surface area contributed by atoms with Crippen LogP contribution in [0.4, 0.5) is 11.4 Å². The number of nitrogens with zero attached hydrogens (tertiary/aromatic N) is 2. The zero-order valence-corrected chi connectivity index (χ0v) is 17.5. The van der Waals surface area contributed by atoms with Crippen molar-refractivity contribution in [3.8, 4) is 11.1 Å². The van der Waals surface area contributed by atoms with Gasteiger partial charge >= 0.3 is 0 Å². The normalized spacial score (nSPS) is 14.5. The monoisotopic (exact) mass is 399 g/mol. The van der Waals surface area contributed by atoms with E-state index in [9.17, 15) is 0 Å². The van der Waals surface area contributed by atoms with Gasteiger partial charge in [0.15, 0.2) is 0 Å². The third kappa shape index (κ3) is 3.78. The summed E-state index contributed by atoms with van der Waals surface area (Å²) in [6, 6.07) is 19.3. The van der Waals surface area contributed by atoms with Gasteiger partial charge in [-0.05, 0) is 67.2 Å². The second-order valence-corrected chi connectivity index (χ2v) is 8.70. The molecule has 0 saturated carbocycles. The van der Waals surface area contributed by atoms with E-state index in [1.165, 1.54) is 52.9 Å². The molecule has 3 nitrogen and oxygen atoms in total. The van der Waals surface area contributed by atoms with Gasteiger partial charge in [-0.25, -0.2) is 0 Å². The van der Waals surface area contributed by atoms with E-state index < -0.39 is 0 Å². The van der Waals surface area contributed by atoms with E-state index in [0.29, 0.717) is 0 Å². The largest absolute Gasteiger partial charge is 0.353 e. The van der Waals surface area contributed by atoms with Crippen molar-refractivity contribution in [2.45, 2.75) is 26.3 Å². The Kier molecular flexibility index (Phi) is 5.04. The highest BCUT2D eigenvalue weighted by atomic mass is 32.1. The molecule has 1 aliphatic heterocycles. The number of thiophene rings is 1. The second-order valence-electron chi connectivity index (χ2n) is 7.79. The molecule has 2 aromatic carbocycles. The Bertz CT molecular complexity index is 1130. The number of benzene rings is 2. The van der Waals surface area contributed by atoms with Crippen LogP contribution in [0.1, 0.15) is 24.0 Å². The van der Waals surface area contributed by atoms with Crippen LogP contribution in [0.2, 0.25) is 0 Å². The van der Waals surface area contributed by atoms with Crippen molar-refractivity contribution in [2.24, 2.45) is 0 Å². The van der Waals surface area contributed by atoms with Crippen molar-refractivity contribution >= 4 is 32.9 Å². The first-order chi connectivity index (χ1) is 14.3. The number of aromatic nitrogens is 1. The number of anilines is 2. The maximum Gasteiger partial charge on any atom is 0.104 e. The molecule has 0 aliphatic carbocycles. The molecule has 2 aromatic heterocycles. The Labute approximate surface area is 176 Å². The molecule has 4 heteroatoms. The number of hydrogen-bond donors (Lipinski definition) is 1. The first-order valence-corrected chi connectivity index (χ1v) is 11.2. The lowest BCUT2D eigenvalue weighted by molar-refractivity contribution is 0.331. The van der Waals surface area contributed by atoms with Gasteiger partial charge in [0, 0.05) is 23.8 Å². The highest BCUT2D eigenvalue weighted by Gasteiger charge is 2.14.